The van der Waals surface area contributed by atoms with Crippen molar-refractivity contribution < 1.29 is 23.1 Å². The first kappa shape index (κ1) is 16.2. The maximum atomic E-state index is 10.3. The minimum absolute atomic E-state index is 0.185. The second kappa shape index (κ2) is 9.29. The summed E-state index contributed by atoms with van der Waals surface area (Å²) in [4.78, 5) is 2.71. The molecule has 5 nitrogen and oxygen atoms in total. The first-order chi connectivity index (χ1) is 8.61. The van der Waals surface area contributed by atoms with Crippen LogP contribution < -0.4 is 4.98 Å². The van der Waals surface area contributed by atoms with Crippen LogP contribution in [0, 0.1) is 0 Å². The van der Waals surface area contributed by atoms with Crippen molar-refractivity contribution in [1.82, 2.24) is 0 Å². The Morgan fingerprint density at radius 2 is 1.39 bits per heavy atom. The lowest BCUT2D eigenvalue weighted by Crippen LogP contribution is -1.96. The number of hydrogen-bond donors (Lipinski definition) is 1. The van der Waals surface area contributed by atoms with Gasteiger partial charge >= 0.3 is 0 Å². The fraction of sp³-hybridized carbons (Fsp3) is 0.0833. The van der Waals surface area contributed by atoms with Gasteiger partial charge < -0.3 is 9.66 Å². The van der Waals surface area contributed by atoms with Crippen LogP contribution in [-0.4, -0.2) is 25.2 Å². The molecule has 2 rings (SSSR count). The minimum atomic E-state index is -4.25. The van der Waals surface area contributed by atoms with Crippen molar-refractivity contribution in [3.63, 3.8) is 0 Å². The molecule has 0 fully saturated rings. The van der Waals surface area contributed by atoms with E-state index < -0.39 is 10.1 Å². The normalized spacial score (nSPS) is 9.28. The van der Waals surface area contributed by atoms with E-state index in [1.54, 1.807) is 6.07 Å². The summed E-state index contributed by atoms with van der Waals surface area (Å²) in [5, 5.41) is 7.00. The van der Waals surface area contributed by atoms with Gasteiger partial charge in [-0.3, -0.25) is 0 Å². The summed E-state index contributed by atoms with van der Waals surface area (Å²) in [7, 11) is -3.25. The summed E-state index contributed by atoms with van der Waals surface area (Å²) < 4.78 is 30.8. The number of aliphatic hydroxyl groups is 1. The molecule has 18 heavy (non-hydrogen) atoms. The van der Waals surface area contributed by atoms with Crippen molar-refractivity contribution in [1.29, 1.82) is 0 Å². The molecular weight excluding hydrogens is 254 g/mol. The number of aliphatic hydroxyl groups excluding tert-OH is 1. The van der Waals surface area contributed by atoms with E-state index in [2.05, 4.69) is 4.98 Å². The Kier molecular flexibility index (Phi) is 8.38. The molecule has 0 aliphatic carbocycles. The summed E-state index contributed by atoms with van der Waals surface area (Å²) in [5.74, 6) is 0. The minimum Gasteiger partial charge on any atom is -0.744 e. The molecule has 98 valence electrons. The van der Waals surface area contributed by atoms with Gasteiger partial charge in [0.15, 0.2) is 12.4 Å². The largest absolute Gasteiger partial charge is 0.744 e. The smallest absolute Gasteiger partial charge is 0.166 e. The van der Waals surface area contributed by atoms with E-state index in [0.717, 1.165) is 7.11 Å². The van der Waals surface area contributed by atoms with Crippen LogP contribution in [0.5, 0.6) is 0 Å². The highest BCUT2D eigenvalue weighted by molar-refractivity contribution is 7.85. The van der Waals surface area contributed by atoms with Gasteiger partial charge in [-0.1, -0.05) is 24.3 Å². The Morgan fingerprint density at radius 1 is 0.944 bits per heavy atom. The molecule has 0 aliphatic heterocycles. The Morgan fingerprint density at radius 3 is 1.61 bits per heavy atom. The van der Waals surface area contributed by atoms with E-state index >= 15 is 0 Å². The maximum absolute atomic E-state index is 10.3. The zero-order valence-corrected chi connectivity index (χ0v) is 10.7. The molecule has 0 spiro atoms. The lowest BCUT2D eigenvalue weighted by molar-refractivity contribution is -0.377. The zero-order chi connectivity index (χ0) is 13.9. The average Bonchev–Trinajstić information content (AvgIpc) is 2.44. The highest BCUT2D eigenvalue weighted by Crippen LogP contribution is 2.04. The molecule has 1 heterocycles. The lowest BCUT2D eigenvalue weighted by atomic mass is 10.4. The molecule has 0 unspecified atom stereocenters. The van der Waals surface area contributed by atoms with Gasteiger partial charge in [0.25, 0.3) is 0 Å². The molecule has 0 amide bonds. The van der Waals surface area contributed by atoms with Crippen molar-refractivity contribution >= 4 is 10.1 Å². The topological polar surface area (TPSA) is 91.6 Å². The van der Waals surface area contributed by atoms with Gasteiger partial charge in [-0.2, -0.15) is 0 Å². The number of rotatable bonds is 1. The van der Waals surface area contributed by atoms with Gasteiger partial charge in [0, 0.05) is 19.2 Å². The van der Waals surface area contributed by atoms with E-state index in [4.69, 9.17) is 5.11 Å². The number of aromatic amines is 1. The van der Waals surface area contributed by atoms with Crippen LogP contribution in [-0.2, 0) is 10.1 Å². The Hall–Kier alpha value is -1.76. The van der Waals surface area contributed by atoms with E-state index in [9.17, 15) is 13.0 Å². The maximum Gasteiger partial charge on any atom is 0.166 e. The summed E-state index contributed by atoms with van der Waals surface area (Å²) >= 11 is 0. The van der Waals surface area contributed by atoms with Crippen LogP contribution in [0.3, 0.4) is 0 Å². The lowest BCUT2D eigenvalue weighted by Gasteiger charge is -2.04. The van der Waals surface area contributed by atoms with E-state index in [0.29, 0.717) is 0 Å². The quantitative estimate of drug-likeness (QED) is 0.771. The molecule has 2 aromatic rings. The van der Waals surface area contributed by atoms with E-state index in [1.807, 2.05) is 30.6 Å². The van der Waals surface area contributed by atoms with Crippen LogP contribution in [0.25, 0.3) is 0 Å². The fourth-order valence-electron chi connectivity index (χ4n) is 0.929. The number of benzene rings is 1. The van der Waals surface area contributed by atoms with E-state index in [-0.39, 0.29) is 4.90 Å². The summed E-state index contributed by atoms with van der Waals surface area (Å²) in [6.45, 7) is 0. The SMILES string of the molecule is CO.O=S(=O)([O-])c1ccccc1.c1cc[nH+]cc1. The molecule has 0 bridgehead atoms. The number of H-pyrrole nitrogens is 1. The predicted molar refractivity (Wildman–Crippen MR) is 65.5 cm³/mol. The zero-order valence-electron chi connectivity index (χ0n) is 9.85. The molecule has 1 aromatic carbocycles. The van der Waals surface area contributed by atoms with Crippen LogP contribution in [0.15, 0.2) is 65.8 Å². The van der Waals surface area contributed by atoms with Crippen molar-refractivity contribution in [2.24, 2.45) is 0 Å². The van der Waals surface area contributed by atoms with Gasteiger partial charge in [0.1, 0.15) is 10.1 Å². The van der Waals surface area contributed by atoms with Crippen molar-refractivity contribution in [3.05, 3.63) is 60.9 Å². The first-order valence-corrected chi connectivity index (χ1v) is 6.38. The molecule has 0 saturated heterocycles. The molecule has 1 aromatic heterocycles. The molecule has 0 aliphatic rings. The standard InChI is InChI=1S/C6H6O3S.C5H5N.CH4O/c7-10(8,9)6-4-2-1-3-5-6;1-2-4-6-5-3-1;1-2/h1-5H,(H,7,8,9);1-5H;2H,1H3. The molecule has 2 N–H and O–H groups in total. The fourth-order valence-corrected chi connectivity index (χ4v) is 1.42. The number of hydrogen-bond acceptors (Lipinski definition) is 4. The van der Waals surface area contributed by atoms with Crippen LogP contribution in [0.2, 0.25) is 0 Å². The monoisotopic (exact) mass is 269 g/mol. The number of aromatic nitrogens is 1. The second-order valence-electron chi connectivity index (χ2n) is 2.84. The molecular formula is C12H15NO4S. The van der Waals surface area contributed by atoms with Gasteiger partial charge in [-0.15, -0.1) is 0 Å². The Bertz CT molecular complexity index is 473. The van der Waals surface area contributed by atoms with Crippen molar-refractivity contribution in [2.45, 2.75) is 4.90 Å². The van der Waals surface area contributed by atoms with Gasteiger partial charge in [-0.05, 0) is 12.1 Å². The molecule has 0 saturated carbocycles. The van der Waals surface area contributed by atoms with Crippen LogP contribution in [0.4, 0.5) is 0 Å². The van der Waals surface area contributed by atoms with Crippen molar-refractivity contribution in [3.8, 4) is 0 Å². The molecule has 6 heteroatoms. The molecule has 0 atom stereocenters. The summed E-state index contributed by atoms with van der Waals surface area (Å²) in [5.41, 5.74) is 0. The van der Waals surface area contributed by atoms with Crippen LogP contribution >= 0.6 is 0 Å². The second-order valence-corrected chi connectivity index (χ2v) is 4.22. The van der Waals surface area contributed by atoms with Gasteiger partial charge in [0.05, 0.1) is 4.90 Å². The van der Waals surface area contributed by atoms with Gasteiger partial charge in [-0.25, -0.2) is 13.4 Å². The molecule has 0 radical (unpaired) electrons. The highest BCUT2D eigenvalue weighted by Gasteiger charge is 1.95. The van der Waals surface area contributed by atoms with E-state index in [1.165, 1.54) is 24.3 Å². The average molecular weight is 269 g/mol. The summed E-state index contributed by atoms with van der Waals surface area (Å²) in [6, 6.07) is 13.0. The Balaban J connectivity index is 0.000000308. The number of pyridine rings is 1. The Labute approximate surface area is 107 Å². The van der Waals surface area contributed by atoms with Crippen molar-refractivity contribution in [2.75, 3.05) is 7.11 Å². The number of nitrogens with one attached hydrogen (secondary N) is 1. The first-order valence-electron chi connectivity index (χ1n) is 4.97. The van der Waals surface area contributed by atoms with Gasteiger partial charge in [0.2, 0.25) is 0 Å². The third-order valence-corrected chi connectivity index (χ3v) is 2.49. The summed E-state index contributed by atoms with van der Waals surface area (Å²) in [6.07, 6.45) is 3.75. The van der Waals surface area contributed by atoms with Crippen LogP contribution in [0.1, 0.15) is 0 Å². The third-order valence-electron chi connectivity index (χ3n) is 1.64. The highest BCUT2D eigenvalue weighted by atomic mass is 32.2. The predicted octanol–water partition coefficient (Wildman–Crippen LogP) is 0.700. The third kappa shape index (κ3) is 7.50.